The standard InChI is InChI=1S/C11H8ClF3O2/c12-5-1-2-7-6-8(11(13,14)15)3-4-9(7)10(16)17/h1-4,6H,5H2,(H,16,17). The molecule has 0 atom stereocenters. The molecular formula is C11H8ClF3O2. The zero-order chi connectivity index (χ0) is 13.1. The molecule has 0 heterocycles. The Kier molecular flexibility index (Phi) is 4.17. The zero-order valence-corrected chi connectivity index (χ0v) is 9.22. The quantitative estimate of drug-likeness (QED) is 0.846. The maximum Gasteiger partial charge on any atom is 0.416 e. The fourth-order valence-electron chi connectivity index (χ4n) is 1.24. The fraction of sp³-hybridized carbons (Fsp3) is 0.182. The summed E-state index contributed by atoms with van der Waals surface area (Å²) in [5.41, 5.74) is -1.11. The van der Waals surface area contributed by atoms with Crippen LogP contribution in [0.2, 0.25) is 0 Å². The molecule has 1 rings (SSSR count). The van der Waals surface area contributed by atoms with Gasteiger partial charge in [0.05, 0.1) is 11.1 Å². The molecule has 17 heavy (non-hydrogen) atoms. The highest BCUT2D eigenvalue weighted by Gasteiger charge is 2.31. The Morgan fingerprint density at radius 1 is 1.41 bits per heavy atom. The average Bonchev–Trinajstić information content (AvgIpc) is 2.24. The predicted molar refractivity (Wildman–Crippen MR) is 58.2 cm³/mol. The van der Waals surface area contributed by atoms with E-state index in [0.29, 0.717) is 0 Å². The van der Waals surface area contributed by atoms with Gasteiger partial charge in [-0.05, 0) is 23.8 Å². The number of halogens is 4. The molecule has 6 heteroatoms. The molecule has 0 spiro atoms. The molecule has 1 N–H and O–H groups in total. The first-order valence-electron chi connectivity index (χ1n) is 4.53. The van der Waals surface area contributed by atoms with Gasteiger partial charge in [-0.2, -0.15) is 13.2 Å². The summed E-state index contributed by atoms with van der Waals surface area (Å²) in [6, 6.07) is 2.45. The molecule has 0 aliphatic carbocycles. The van der Waals surface area contributed by atoms with Crippen molar-refractivity contribution < 1.29 is 23.1 Å². The topological polar surface area (TPSA) is 37.3 Å². The van der Waals surface area contributed by atoms with E-state index in [1.54, 1.807) is 0 Å². The van der Waals surface area contributed by atoms with E-state index in [1.807, 2.05) is 0 Å². The SMILES string of the molecule is O=C(O)c1ccc(C(F)(F)F)cc1C=CCCl. The van der Waals surface area contributed by atoms with Gasteiger partial charge in [0.2, 0.25) is 0 Å². The zero-order valence-electron chi connectivity index (χ0n) is 8.46. The summed E-state index contributed by atoms with van der Waals surface area (Å²) < 4.78 is 37.3. The molecule has 0 radical (unpaired) electrons. The van der Waals surface area contributed by atoms with Crippen LogP contribution >= 0.6 is 11.6 Å². The van der Waals surface area contributed by atoms with Gasteiger partial charge in [0.15, 0.2) is 0 Å². The Labute approximate surface area is 100 Å². The number of carboxylic acids is 1. The number of carboxylic acid groups (broad SMARTS) is 1. The predicted octanol–water partition coefficient (Wildman–Crippen LogP) is 3.66. The lowest BCUT2D eigenvalue weighted by Crippen LogP contribution is -2.07. The largest absolute Gasteiger partial charge is 0.478 e. The van der Waals surface area contributed by atoms with Crippen LogP contribution in [-0.2, 0) is 6.18 Å². The lowest BCUT2D eigenvalue weighted by molar-refractivity contribution is -0.137. The first-order valence-corrected chi connectivity index (χ1v) is 5.06. The maximum atomic E-state index is 12.4. The number of aromatic carboxylic acids is 1. The van der Waals surface area contributed by atoms with Crippen molar-refractivity contribution in [2.24, 2.45) is 0 Å². The van der Waals surface area contributed by atoms with Crippen molar-refractivity contribution in [3.63, 3.8) is 0 Å². The third kappa shape index (κ3) is 3.49. The monoisotopic (exact) mass is 264 g/mol. The number of allylic oxidation sites excluding steroid dienone is 1. The highest BCUT2D eigenvalue weighted by Crippen LogP contribution is 2.31. The van der Waals surface area contributed by atoms with E-state index in [9.17, 15) is 18.0 Å². The van der Waals surface area contributed by atoms with E-state index < -0.39 is 17.7 Å². The second kappa shape index (κ2) is 5.23. The molecule has 0 amide bonds. The lowest BCUT2D eigenvalue weighted by atomic mass is 10.0. The number of rotatable bonds is 3. The lowest BCUT2D eigenvalue weighted by Gasteiger charge is -2.09. The smallest absolute Gasteiger partial charge is 0.416 e. The van der Waals surface area contributed by atoms with Crippen molar-refractivity contribution in [3.05, 3.63) is 41.0 Å². The number of carbonyl (C=O) groups is 1. The minimum absolute atomic E-state index is 0.0204. The Morgan fingerprint density at radius 3 is 2.53 bits per heavy atom. The van der Waals surface area contributed by atoms with Gasteiger partial charge in [-0.3, -0.25) is 0 Å². The summed E-state index contributed by atoms with van der Waals surface area (Å²) in [5.74, 6) is -1.19. The van der Waals surface area contributed by atoms with Crippen molar-refractivity contribution >= 4 is 23.6 Å². The minimum atomic E-state index is -4.50. The third-order valence-electron chi connectivity index (χ3n) is 2.00. The third-order valence-corrected chi connectivity index (χ3v) is 2.17. The van der Waals surface area contributed by atoms with Crippen LogP contribution in [0.5, 0.6) is 0 Å². The molecule has 0 saturated carbocycles. The summed E-state index contributed by atoms with van der Waals surface area (Å²) in [7, 11) is 0. The number of alkyl halides is 4. The Morgan fingerprint density at radius 2 is 2.06 bits per heavy atom. The first kappa shape index (κ1) is 13.6. The van der Waals surface area contributed by atoms with Crippen LogP contribution in [0.4, 0.5) is 13.2 Å². The molecule has 0 aliphatic rings. The minimum Gasteiger partial charge on any atom is -0.478 e. The van der Waals surface area contributed by atoms with E-state index in [0.717, 1.165) is 18.2 Å². The molecule has 1 aromatic carbocycles. The molecule has 0 saturated heterocycles. The molecule has 0 unspecified atom stereocenters. The summed E-state index contributed by atoms with van der Waals surface area (Å²) in [6.07, 6.45) is -1.87. The maximum absolute atomic E-state index is 12.4. The van der Waals surface area contributed by atoms with Crippen LogP contribution in [-0.4, -0.2) is 17.0 Å². The Bertz CT molecular complexity index is 453. The molecule has 92 valence electrons. The molecule has 0 fully saturated rings. The van der Waals surface area contributed by atoms with Crippen LogP contribution < -0.4 is 0 Å². The van der Waals surface area contributed by atoms with Crippen molar-refractivity contribution in [1.29, 1.82) is 0 Å². The summed E-state index contributed by atoms with van der Waals surface area (Å²) >= 11 is 5.36. The van der Waals surface area contributed by atoms with Gasteiger partial charge in [-0.15, -0.1) is 11.6 Å². The van der Waals surface area contributed by atoms with Crippen molar-refractivity contribution in [2.45, 2.75) is 6.18 Å². The van der Waals surface area contributed by atoms with E-state index in [4.69, 9.17) is 16.7 Å². The summed E-state index contributed by atoms with van der Waals surface area (Å²) in [5, 5.41) is 8.81. The summed E-state index contributed by atoms with van der Waals surface area (Å²) in [6.45, 7) is 0. The van der Waals surface area contributed by atoms with Gasteiger partial charge in [0, 0.05) is 5.88 Å². The van der Waals surface area contributed by atoms with Gasteiger partial charge >= 0.3 is 12.1 Å². The number of benzene rings is 1. The van der Waals surface area contributed by atoms with Crippen LogP contribution in [0, 0.1) is 0 Å². The van der Waals surface area contributed by atoms with Crippen LogP contribution in [0.1, 0.15) is 21.5 Å². The van der Waals surface area contributed by atoms with Crippen LogP contribution in [0.25, 0.3) is 6.08 Å². The van der Waals surface area contributed by atoms with Crippen molar-refractivity contribution in [1.82, 2.24) is 0 Å². The molecule has 0 aromatic heterocycles. The highest BCUT2D eigenvalue weighted by atomic mass is 35.5. The second-order valence-electron chi connectivity index (χ2n) is 3.16. The van der Waals surface area contributed by atoms with Gasteiger partial charge in [0.1, 0.15) is 0 Å². The first-order chi connectivity index (χ1) is 7.86. The average molecular weight is 265 g/mol. The van der Waals surface area contributed by atoms with Crippen molar-refractivity contribution in [2.75, 3.05) is 5.88 Å². The second-order valence-corrected chi connectivity index (χ2v) is 3.47. The molecule has 2 nitrogen and oxygen atoms in total. The number of hydrogen-bond donors (Lipinski definition) is 1. The van der Waals surface area contributed by atoms with Crippen LogP contribution in [0.15, 0.2) is 24.3 Å². The van der Waals surface area contributed by atoms with Crippen LogP contribution in [0.3, 0.4) is 0 Å². The van der Waals surface area contributed by atoms with Crippen molar-refractivity contribution in [3.8, 4) is 0 Å². The molecule has 1 aromatic rings. The highest BCUT2D eigenvalue weighted by molar-refractivity contribution is 6.19. The molecule has 0 aliphatic heterocycles. The normalized spacial score (nSPS) is 12.0. The Balaban J connectivity index is 3.29. The number of hydrogen-bond acceptors (Lipinski definition) is 1. The van der Waals surface area contributed by atoms with E-state index in [1.165, 1.54) is 12.2 Å². The van der Waals surface area contributed by atoms with E-state index in [2.05, 4.69) is 0 Å². The van der Waals surface area contributed by atoms with E-state index >= 15 is 0 Å². The molecular weight excluding hydrogens is 257 g/mol. The van der Waals surface area contributed by atoms with Gasteiger partial charge in [-0.25, -0.2) is 4.79 Å². The Hall–Kier alpha value is -1.49. The van der Waals surface area contributed by atoms with Gasteiger partial charge in [-0.1, -0.05) is 12.2 Å². The van der Waals surface area contributed by atoms with Gasteiger partial charge < -0.3 is 5.11 Å². The molecule has 0 bridgehead atoms. The van der Waals surface area contributed by atoms with Gasteiger partial charge in [0.25, 0.3) is 0 Å². The van der Waals surface area contributed by atoms with E-state index in [-0.39, 0.29) is 17.0 Å². The summed E-state index contributed by atoms with van der Waals surface area (Å²) in [4.78, 5) is 10.8. The fourth-order valence-corrected chi connectivity index (χ4v) is 1.33.